The van der Waals surface area contributed by atoms with Crippen molar-refractivity contribution < 1.29 is 14.3 Å². The Hall–Kier alpha value is -2.58. The van der Waals surface area contributed by atoms with E-state index in [1.807, 2.05) is 48.2 Å². The number of hydrogen-bond donors (Lipinski definition) is 2. The summed E-state index contributed by atoms with van der Waals surface area (Å²) in [6.07, 6.45) is 0. The van der Waals surface area contributed by atoms with E-state index in [-0.39, 0.29) is 11.9 Å². The number of carbonyl (C=O) groups is 2. The van der Waals surface area contributed by atoms with Crippen LogP contribution in [0.5, 0.6) is 0 Å². The van der Waals surface area contributed by atoms with Crippen molar-refractivity contribution in [2.24, 2.45) is 0 Å². The average molecular weight is 385 g/mol. The molecule has 1 atom stereocenters. The molecule has 8 heteroatoms. The number of carbonyl (C=O) groups excluding carboxylic acids is 2. The van der Waals surface area contributed by atoms with Gasteiger partial charge >= 0.3 is 6.03 Å². The molecular formula is C20H27N5O3. The number of morpholine rings is 1. The van der Waals surface area contributed by atoms with E-state index >= 15 is 0 Å². The van der Waals surface area contributed by atoms with Crippen molar-refractivity contribution in [1.29, 1.82) is 0 Å². The van der Waals surface area contributed by atoms with Crippen LogP contribution in [-0.2, 0) is 9.53 Å². The maximum atomic E-state index is 13.1. The number of amides is 3. The SMILES string of the molecule is CN(C)c1ccc([C@H]2NC(=O)NC3=C2C(=O)N(CCN2CCOCC2)C3)cc1. The largest absolute Gasteiger partial charge is 0.379 e. The molecule has 0 aliphatic carbocycles. The van der Waals surface area contributed by atoms with Crippen molar-refractivity contribution in [1.82, 2.24) is 20.4 Å². The van der Waals surface area contributed by atoms with E-state index in [0.717, 1.165) is 49.8 Å². The van der Waals surface area contributed by atoms with Gasteiger partial charge in [0.2, 0.25) is 0 Å². The van der Waals surface area contributed by atoms with Gasteiger partial charge in [-0.25, -0.2) is 4.79 Å². The van der Waals surface area contributed by atoms with Gasteiger partial charge in [0.05, 0.1) is 37.1 Å². The van der Waals surface area contributed by atoms with Gasteiger partial charge in [-0.2, -0.15) is 0 Å². The lowest BCUT2D eigenvalue weighted by Gasteiger charge is -2.28. The van der Waals surface area contributed by atoms with Crippen LogP contribution in [0.15, 0.2) is 35.5 Å². The summed E-state index contributed by atoms with van der Waals surface area (Å²) in [5.41, 5.74) is 3.36. The molecule has 0 aromatic heterocycles. The van der Waals surface area contributed by atoms with Crippen molar-refractivity contribution in [2.45, 2.75) is 6.04 Å². The van der Waals surface area contributed by atoms with Gasteiger partial charge in [-0.3, -0.25) is 9.69 Å². The highest BCUT2D eigenvalue weighted by Gasteiger charge is 2.40. The van der Waals surface area contributed by atoms with Gasteiger partial charge in [0.25, 0.3) is 5.91 Å². The standard InChI is InChI=1S/C20H27N5O3/c1-23(2)15-5-3-14(4-6-15)18-17-16(21-20(27)22-18)13-25(19(17)26)8-7-24-9-11-28-12-10-24/h3-6,18H,7-13H2,1-2H3,(H2,21,22,27)/t18-/m1/s1. The summed E-state index contributed by atoms with van der Waals surface area (Å²) < 4.78 is 5.38. The fourth-order valence-electron chi connectivity index (χ4n) is 3.91. The second-order valence-corrected chi connectivity index (χ2v) is 7.59. The zero-order chi connectivity index (χ0) is 19.7. The molecule has 1 fully saturated rings. The maximum Gasteiger partial charge on any atom is 0.319 e. The van der Waals surface area contributed by atoms with E-state index in [1.54, 1.807) is 0 Å². The summed E-state index contributed by atoms with van der Waals surface area (Å²) in [7, 11) is 3.96. The van der Waals surface area contributed by atoms with Crippen LogP contribution in [0, 0.1) is 0 Å². The minimum absolute atomic E-state index is 0.00237. The predicted molar refractivity (Wildman–Crippen MR) is 106 cm³/mol. The zero-order valence-electron chi connectivity index (χ0n) is 16.4. The molecule has 2 N–H and O–H groups in total. The number of ether oxygens (including phenoxy) is 1. The average Bonchev–Trinajstić information content (AvgIpc) is 3.02. The fourth-order valence-corrected chi connectivity index (χ4v) is 3.91. The number of urea groups is 1. The monoisotopic (exact) mass is 385 g/mol. The minimum atomic E-state index is -0.416. The number of anilines is 1. The molecule has 1 saturated heterocycles. The first-order valence-electron chi connectivity index (χ1n) is 9.70. The van der Waals surface area contributed by atoms with Crippen LogP contribution in [0.3, 0.4) is 0 Å². The van der Waals surface area contributed by atoms with Crippen LogP contribution in [0.25, 0.3) is 0 Å². The summed E-state index contributed by atoms with van der Waals surface area (Å²) in [6.45, 7) is 5.20. The van der Waals surface area contributed by atoms with Crippen LogP contribution in [0.2, 0.25) is 0 Å². The Kier molecular flexibility index (Phi) is 5.23. The van der Waals surface area contributed by atoms with Gasteiger partial charge in [-0.15, -0.1) is 0 Å². The van der Waals surface area contributed by atoms with E-state index in [1.165, 1.54) is 0 Å². The number of benzene rings is 1. The Morgan fingerprint density at radius 3 is 2.50 bits per heavy atom. The van der Waals surface area contributed by atoms with Crippen molar-refractivity contribution in [3.05, 3.63) is 41.1 Å². The number of nitrogens with one attached hydrogen (secondary N) is 2. The summed E-state index contributed by atoms with van der Waals surface area (Å²) in [6, 6.07) is 7.27. The first kappa shape index (κ1) is 18.8. The van der Waals surface area contributed by atoms with E-state index in [9.17, 15) is 9.59 Å². The summed E-state index contributed by atoms with van der Waals surface area (Å²) in [5.74, 6) is -0.00237. The molecule has 0 saturated carbocycles. The fraction of sp³-hybridized carbons (Fsp3) is 0.500. The van der Waals surface area contributed by atoms with Gasteiger partial charge in [0.1, 0.15) is 0 Å². The van der Waals surface area contributed by atoms with Crippen LogP contribution >= 0.6 is 0 Å². The van der Waals surface area contributed by atoms with Gasteiger partial charge < -0.3 is 25.2 Å². The Labute approximate surface area is 165 Å². The lowest BCUT2D eigenvalue weighted by Crippen LogP contribution is -2.44. The maximum absolute atomic E-state index is 13.1. The predicted octanol–water partition coefficient (Wildman–Crippen LogP) is 0.535. The van der Waals surface area contributed by atoms with E-state index in [2.05, 4.69) is 15.5 Å². The highest BCUT2D eigenvalue weighted by molar-refractivity contribution is 6.01. The second-order valence-electron chi connectivity index (χ2n) is 7.59. The molecule has 8 nitrogen and oxygen atoms in total. The molecule has 0 unspecified atom stereocenters. The molecule has 0 bridgehead atoms. The third-order valence-electron chi connectivity index (χ3n) is 5.55. The molecular weight excluding hydrogens is 358 g/mol. The van der Waals surface area contributed by atoms with E-state index in [4.69, 9.17) is 4.74 Å². The van der Waals surface area contributed by atoms with Crippen LogP contribution in [-0.4, -0.2) is 81.8 Å². The summed E-state index contributed by atoms with van der Waals surface area (Å²) in [4.78, 5) is 31.4. The molecule has 28 heavy (non-hydrogen) atoms. The molecule has 0 radical (unpaired) electrons. The Bertz CT molecular complexity index is 784. The van der Waals surface area contributed by atoms with Gasteiger partial charge in [-0.1, -0.05) is 12.1 Å². The molecule has 3 heterocycles. The smallest absolute Gasteiger partial charge is 0.319 e. The Morgan fingerprint density at radius 1 is 1.11 bits per heavy atom. The molecule has 0 spiro atoms. The van der Waals surface area contributed by atoms with Crippen molar-refractivity contribution in [2.75, 3.05) is 64.9 Å². The highest BCUT2D eigenvalue weighted by atomic mass is 16.5. The van der Waals surface area contributed by atoms with Gasteiger partial charge in [0.15, 0.2) is 0 Å². The number of nitrogens with zero attached hydrogens (tertiary/aromatic N) is 3. The topological polar surface area (TPSA) is 77.2 Å². The molecule has 4 rings (SSSR count). The second kappa shape index (κ2) is 7.81. The first-order valence-corrected chi connectivity index (χ1v) is 9.70. The molecule has 1 aromatic rings. The molecule has 3 aliphatic heterocycles. The van der Waals surface area contributed by atoms with Crippen LogP contribution < -0.4 is 15.5 Å². The lowest BCUT2D eigenvalue weighted by atomic mass is 9.96. The van der Waals surface area contributed by atoms with Crippen molar-refractivity contribution >= 4 is 17.6 Å². The van der Waals surface area contributed by atoms with Crippen LogP contribution in [0.4, 0.5) is 10.5 Å². The Balaban J connectivity index is 1.49. The third kappa shape index (κ3) is 3.70. The lowest BCUT2D eigenvalue weighted by molar-refractivity contribution is -0.126. The minimum Gasteiger partial charge on any atom is -0.379 e. The third-order valence-corrected chi connectivity index (χ3v) is 5.55. The van der Waals surface area contributed by atoms with Gasteiger partial charge in [0, 0.05) is 46.0 Å². The number of rotatable bonds is 5. The van der Waals surface area contributed by atoms with E-state index < -0.39 is 6.04 Å². The zero-order valence-corrected chi connectivity index (χ0v) is 16.4. The van der Waals surface area contributed by atoms with Crippen molar-refractivity contribution in [3.63, 3.8) is 0 Å². The van der Waals surface area contributed by atoms with E-state index in [0.29, 0.717) is 18.7 Å². The van der Waals surface area contributed by atoms with Crippen molar-refractivity contribution in [3.8, 4) is 0 Å². The normalized spacial score (nSPS) is 22.8. The molecule has 150 valence electrons. The summed E-state index contributed by atoms with van der Waals surface area (Å²) in [5, 5.41) is 5.74. The Morgan fingerprint density at radius 2 is 1.82 bits per heavy atom. The molecule has 1 aromatic carbocycles. The van der Waals surface area contributed by atoms with Gasteiger partial charge in [-0.05, 0) is 17.7 Å². The molecule has 3 aliphatic rings. The molecule has 3 amide bonds. The highest BCUT2D eigenvalue weighted by Crippen LogP contribution is 2.33. The number of hydrogen-bond acceptors (Lipinski definition) is 5. The summed E-state index contributed by atoms with van der Waals surface area (Å²) >= 11 is 0. The quantitative estimate of drug-likeness (QED) is 0.774. The first-order chi connectivity index (χ1) is 13.5. The van der Waals surface area contributed by atoms with Crippen LogP contribution in [0.1, 0.15) is 11.6 Å².